The lowest BCUT2D eigenvalue weighted by atomic mass is 9.83. The van der Waals surface area contributed by atoms with Crippen molar-refractivity contribution in [2.75, 3.05) is 0 Å². The zero-order valence-corrected chi connectivity index (χ0v) is 28.7. The van der Waals surface area contributed by atoms with Crippen molar-refractivity contribution < 1.29 is 0 Å². The van der Waals surface area contributed by atoms with E-state index in [1.807, 2.05) is 6.20 Å². The second-order valence-corrected chi connectivity index (χ2v) is 13.1. The smallest absolute Gasteiger partial charge is 0.0792 e. The summed E-state index contributed by atoms with van der Waals surface area (Å²) in [6.45, 7) is 13.1. The van der Waals surface area contributed by atoms with E-state index in [0.29, 0.717) is 0 Å². The molecule has 7 rings (SSSR count). The average Bonchev–Trinajstić information content (AvgIpc) is 3.11. The Kier molecular flexibility index (Phi) is 8.38. The molecule has 234 valence electrons. The zero-order chi connectivity index (χ0) is 33.4. The van der Waals surface area contributed by atoms with Gasteiger partial charge in [0.1, 0.15) is 0 Å². The lowest BCUT2D eigenvalue weighted by Crippen LogP contribution is -1.98. The highest BCUT2D eigenvalue weighted by Crippen LogP contribution is 2.47. The molecule has 0 N–H and O–H groups in total. The molecule has 0 unspecified atom stereocenters. The van der Waals surface area contributed by atoms with Crippen LogP contribution in [0, 0.1) is 41.5 Å². The number of rotatable bonds is 6. The fraction of sp³-hybridized carbons (Fsp3) is 0.128. The molecular weight excluding hydrogens is 579 g/mol. The quantitative estimate of drug-likeness (QED) is 0.180. The van der Waals surface area contributed by atoms with Crippen molar-refractivity contribution in [1.82, 2.24) is 4.98 Å². The Balaban J connectivity index is 1.56. The Bertz CT molecular complexity index is 2190. The maximum atomic E-state index is 5.23. The largest absolute Gasteiger partial charge is 0.256 e. The van der Waals surface area contributed by atoms with Gasteiger partial charge in [0.2, 0.25) is 0 Å². The topological polar surface area (TPSA) is 12.9 Å². The summed E-state index contributed by atoms with van der Waals surface area (Å²) in [5, 5.41) is 0. The van der Waals surface area contributed by atoms with Gasteiger partial charge in [0, 0.05) is 17.3 Å². The molecule has 0 saturated carbocycles. The number of aromatic nitrogens is 1. The molecular formula is C47H41N. The summed E-state index contributed by atoms with van der Waals surface area (Å²) in [6, 6.07) is 48.9. The Morgan fingerprint density at radius 1 is 0.312 bits per heavy atom. The van der Waals surface area contributed by atoms with E-state index in [9.17, 15) is 0 Å². The van der Waals surface area contributed by atoms with Gasteiger partial charge >= 0.3 is 0 Å². The van der Waals surface area contributed by atoms with Crippen molar-refractivity contribution in [2.45, 2.75) is 41.5 Å². The standard InChI is InChI=1S/C47H41N/c1-30-19-22-36(27-33(30)4)39-13-7-10-16-42(39)44-25-26-48-47(45-18-12-9-15-41(45)38-24-21-32(3)35(6)29-38)46(44)43-17-11-8-14-40(43)37-23-20-31(2)34(5)28-37/h7-29H,1-6H3. The van der Waals surface area contributed by atoms with Crippen LogP contribution in [0.2, 0.25) is 0 Å². The van der Waals surface area contributed by atoms with Crippen LogP contribution in [0.25, 0.3) is 66.9 Å². The van der Waals surface area contributed by atoms with Gasteiger partial charge in [-0.1, -0.05) is 127 Å². The van der Waals surface area contributed by atoms with Gasteiger partial charge < -0.3 is 0 Å². The van der Waals surface area contributed by atoms with Gasteiger partial charge in [-0.2, -0.15) is 0 Å². The molecule has 7 aromatic rings. The Morgan fingerprint density at radius 2 is 0.688 bits per heavy atom. The van der Waals surface area contributed by atoms with Crippen LogP contribution in [-0.4, -0.2) is 4.98 Å². The Labute approximate surface area is 285 Å². The first-order chi connectivity index (χ1) is 23.3. The maximum Gasteiger partial charge on any atom is 0.0792 e. The Hall–Kier alpha value is -5.53. The second kappa shape index (κ2) is 12.9. The molecule has 0 aliphatic rings. The van der Waals surface area contributed by atoms with Gasteiger partial charge in [0.15, 0.2) is 0 Å². The van der Waals surface area contributed by atoms with Gasteiger partial charge in [-0.05, 0) is 131 Å². The maximum absolute atomic E-state index is 5.23. The summed E-state index contributed by atoms with van der Waals surface area (Å²) < 4.78 is 0. The van der Waals surface area contributed by atoms with Gasteiger partial charge in [-0.25, -0.2) is 0 Å². The third-order valence-corrected chi connectivity index (χ3v) is 10.0. The van der Waals surface area contributed by atoms with E-state index >= 15 is 0 Å². The molecule has 6 aromatic carbocycles. The van der Waals surface area contributed by atoms with Gasteiger partial charge in [-0.3, -0.25) is 4.98 Å². The molecule has 0 aliphatic carbocycles. The molecule has 0 atom stereocenters. The predicted octanol–water partition coefficient (Wildman–Crippen LogP) is 12.9. The zero-order valence-electron chi connectivity index (χ0n) is 28.7. The van der Waals surface area contributed by atoms with Crippen LogP contribution in [0.15, 0.2) is 140 Å². The van der Waals surface area contributed by atoms with Gasteiger partial charge in [0.05, 0.1) is 5.69 Å². The highest BCUT2D eigenvalue weighted by molar-refractivity contribution is 6.02. The molecule has 0 amide bonds. The first-order valence-electron chi connectivity index (χ1n) is 16.8. The molecule has 0 fully saturated rings. The van der Waals surface area contributed by atoms with Crippen molar-refractivity contribution in [2.24, 2.45) is 0 Å². The van der Waals surface area contributed by atoms with Crippen molar-refractivity contribution in [3.05, 3.63) is 173 Å². The number of hydrogen-bond acceptors (Lipinski definition) is 1. The van der Waals surface area contributed by atoms with Crippen LogP contribution in [-0.2, 0) is 0 Å². The molecule has 48 heavy (non-hydrogen) atoms. The van der Waals surface area contributed by atoms with Crippen LogP contribution in [0.5, 0.6) is 0 Å². The lowest BCUT2D eigenvalue weighted by molar-refractivity contribution is 1.31. The fourth-order valence-corrected chi connectivity index (χ4v) is 6.75. The molecule has 0 spiro atoms. The lowest BCUT2D eigenvalue weighted by Gasteiger charge is -2.22. The molecule has 1 aromatic heterocycles. The number of benzene rings is 6. The summed E-state index contributed by atoms with van der Waals surface area (Å²) in [7, 11) is 0. The van der Waals surface area contributed by atoms with Crippen molar-refractivity contribution in [3.63, 3.8) is 0 Å². The van der Waals surface area contributed by atoms with E-state index in [-0.39, 0.29) is 0 Å². The van der Waals surface area contributed by atoms with Crippen LogP contribution in [0.3, 0.4) is 0 Å². The van der Waals surface area contributed by atoms with Gasteiger partial charge in [0.25, 0.3) is 0 Å². The molecule has 1 heterocycles. The fourth-order valence-electron chi connectivity index (χ4n) is 6.75. The minimum absolute atomic E-state index is 0.979. The SMILES string of the molecule is Cc1ccc(-c2ccccc2-c2ccnc(-c3ccccc3-c3ccc(C)c(C)c3)c2-c2ccccc2-c2ccc(C)c(C)c2)cc1C. The molecule has 0 radical (unpaired) electrons. The minimum atomic E-state index is 0.979. The summed E-state index contributed by atoms with van der Waals surface area (Å²) >= 11 is 0. The summed E-state index contributed by atoms with van der Waals surface area (Å²) in [4.78, 5) is 5.23. The van der Waals surface area contributed by atoms with E-state index in [1.165, 1.54) is 83.5 Å². The number of hydrogen-bond donors (Lipinski definition) is 0. The van der Waals surface area contributed by atoms with Crippen molar-refractivity contribution in [1.29, 1.82) is 0 Å². The number of nitrogens with zero attached hydrogens (tertiary/aromatic N) is 1. The van der Waals surface area contributed by atoms with E-state index in [1.54, 1.807) is 0 Å². The summed E-state index contributed by atoms with van der Waals surface area (Å²) in [6.07, 6.45) is 1.99. The average molecular weight is 620 g/mol. The van der Waals surface area contributed by atoms with Crippen LogP contribution >= 0.6 is 0 Å². The van der Waals surface area contributed by atoms with Crippen LogP contribution in [0.1, 0.15) is 33.4 Å². The first kappa shape index (κ1) is 31.1. The van der Waals surface area contributed by atoms with E-state index in [2.05, 4.69) is 175 Å². The number of pyridine rings is 1. The number of aryl methyl sites for hydroxylation is 6. The molecule has 0 saturated heterocycles. The second-order valence-electron chi connectivity index (χ2n) is 13.1. The van der Waals surface area contributed by atoms with Crippen molar-refractivity contribution in [3.8, 4) is 66.9 Å². The molecule has 1 heteroatoms. The van der Waals surface area contributed by atoms with E-state index in [4.69, 9.17) is 4.98 Å². The van der Waals surface area contributed by atoms with Crippen molar-refractivity contribution >= 4 is 0 Å². The normalized spacial score (nSPS) is 11.1. The highest BCUT2D eigenvalue weighted by Gasteiger charge is 2.22. The monoisotopic (exact) mass is 619 g/mol. The molecule has 0 aliphatic heterocycles. The summed E-state index contributed by atoms with van der Waals surface area (Å²) in [5.74, 6) is 0. The Morgan fingerprint density at radius 3 is 1.15 bits per heavy atom. The predicted molar refractivity (Wildman–Crippen MR) is 205 cm³/mol. The minimum Gasteiger partial charge on any atom is -0.256 e. The third kappa shape index (κ3) is 5.78. The highest BCUT2D eigenvalue weighted by atomic mass is 14.7. The summed E-state index contributed by atoms with van der Waals surface area (Å²) in [5.41, 5.74) is 21.7. The van der Waals surface area contributed by atoms with Gasteiger partial charge in [-0.15, -0.1) is 0 Å². The van der Waals surface area contributed by atoms with Crippen LogP contribution in [0.4, 0.5) is 0 Å². The van der Waals surface area contributed by atoms with Crippen LogP contribution < -0.4 is 0 Å². The van der Waals surface area contributed by atoms with E-state index in [0.717, 1.165) is 16.8 Å². The molecule has 0 bridgehead atoms. The van der Waals surface area contributed by atoms with E-state index < -0.39 is 0 Å². The first-order valence-corrected chi connectivity index (χ1v) is 16.8. The third-order valence-electron chi connectivity index (χ3n) is 10.0. The molecule has 1 nitrogen and oxygen atoms in total.